The molecule has 0 aromatic carbocycles. The molecule has 1 atom stereocenters. The van der Waals surface area contributed by atoms with E-state index < -0.39 is 0 Å². The van der Waals surface area contributed by atoms with E-state index in [1.165, 1.54) is 77.5 Å². The van der Waals surface area contributed by atoms with Gasteiger partial charge >= 0.3 is 0 Å². The number of hydrogen-bond donors (Lipinski definition) is 1. The van der Waals surface area contributed by atoms with Gasteiger partial charge in [-0.05, 0) is 45.2 Å². The zero-order chi connectivity index (χ0) is 12.4. The minimum Gasteiger partial charge on any atom is -0.329 e. The molecule has 3 nitrogen and oxygen atoms in total. The minimum atomic E-state index is 0.358. The quantitative estimate of drug-likeness (QED) is 0.812. The largest absolute Gasteiger partial charge is 0.329 e. The maximum absolute atomic E-state index is 6.20. The SMILES string of the molecule is NCC1(N2CCCN3CCCC3C2)CCCCC1. The van der Waals surface area contributed by atoms with Crippen LogP contribution < -0.4 is 5.73 Å². The first kappa shape index (κ1) is 12.9. The highest BCUT2D eigenvalue weighted by Gasteiger charge is 2.40. The van der Waals surface area contributed by atoms with Gasteiger partial charge in [-0.2, -0.15) is 0 Å². The highest BCUT2D eigenvalue weighted by Crippen LogP contribution is 2.35. The molecule has 1 saturated carbocycles. The summed E-state index contributed by atoms with van der Waals surface area (Å²) in [5.74, 6) is 0. The molecule has 2 saturated heterocycles. The van der Waals surface area contributed by atoms with Crippen LogP contribution in [0, 0.1) is 0 Å². The number of fused-ring (bicyclic) bond motifs is 1. The molecule has 0 aromatic heterocycles. The Morgan fingerprint density at radius 2 is 1.72 bits per heavy atom. The van der Waals surface area contributed by atoms with E-state index in [-0.39, 0.29) is 0 Å². The van der Waals surface area contributed by atoms with Gasteiger partial charge in [0.25, 0.3) is 0 Å². The first-order valence-electron chi connectivity index (χ1n) is 8.03. The number of nitrogens with two attached hydrogens (primary N) is 1. The van der Waals surface area contributed by atoms with Crippen molar-refractivity contribution in [2.24, 2.45) is 5.73 Å². The van der Waals surface area contributed by atoms with Crippen molar-refractivity contribution in [2.75, 3.05) is 32.7 Å². The standard InChI is InChI=1S/C15H29N3/c16-13-15(7-2-1-3-8-15)18-11-5-10-17-9-4-6-14(17)12-18/h14H,1-13,16H2. The molecule has 0 bridgehead atoms. The summed E-state index contributed by atoms with van der Waals surface area (Å²) in [6, 6.07) is 0.831. The molecule has 2 heterocycles. The molecule has 0 radical (unpaired) electrons. The van der Waals surface area contributed by atoms with Crippen molar-refractivity contribution >= 4 is 0 Å². The van der Waals surface area contributed by atoms with E-state index in [1.807, 2.05) is 0 Å². The lowest BCUT2D eigenvalue weighted by Gasteiger charge is -2.46. The summed E-state index contributed by atoms with van der Waals surface area (Å²) in [4.78, 5) is 5.52. The van der Waals surface area contributed by atoms with Crippen LogP contribution in [0.4, 0.5) is 0 Å². The van der Waals surface area contributed by atoms with Gasteiger partial charge in [-0.1, -0.05) is 19.3 Å². The summed E-state index contributed by atoms with van der Waals surface area (Å²) in [6.07, 6.45) is 11.1. The molecule has 3 heteroatoms. The molecule has 0 amide bonds. The lowest BCUT2D eigenvalue weighted by Crippen LogP contribution is -2.57. The van der Waals surface area contributed by atoms with Crippen LogP contribution in [0.3, 0.4) is 0 Å². The van der Waals surface area contributed by atoms with E-state index in [0.717, 1.165) is 12.6 Å². The number of rotatable bonds is 2. The van der Waals surface area contributed by atoms with Crippen LogP contribution in [0.1, 0.15) is 51.4 Å². The lowest BCUT2D eigenvalue weighted by atomic mass is 9.80. The van der Waals surface area contributed by atoms with Gasteiger partial charge in [0.2, 0.25) is 0 Å². The predicted octanol–water partition coefficient (Wildman–Crippen LogP) is 1.82. The Labute approximate surface area is 112 Å². The van der Waals surface area contributed by atoms with Crippen LogP contribution in [0.25, 0.3) is 0 Å². The maximum atomic E-state index is 6.20. The number of hydrogen-bond acceptors (Lipinski definition) is 3. The summed E-state index contributed by atoms with van der Waals surface area (Å²) in [5.41, 5.74) is 6.56. The van der Waals surface area contributed by atoms with E-state index in [9.17, 15) is 0 Å². The molecule has 1 unspecified atom stereocenters. The second-order valence-corrected chi connectivity index (χ2v) is 6.62. The van der Waals surface area contributed by atoms with Crippen LogP contribution in [0.15, 0.2) is 0 Å². The summed E-state index contributed by atoms with van der Waals surface area (Å²) >= 11 is 0. The normalized spacial score (nSPS) is 34.2. The third kappa shape index (κ3) is 2.33. The Morgan fingerprint density at radius 3 is 2.50 bits per heavy atom. The van der Waals surface area contributed by atoms with Crippen molar-refractivity contribution in [2.45, 2.75) is 62.9 Å². The molecule has 104 valence electrons. The molecule has 2 N–H and O–H groups in total. The monoisotopic (exact) mass is 251 g/mol. The molecule has 0 spiro atoms. The van der Waals surface area contributed by atoms with E-state index in [4.69, 9.17) is 5.73 Å². The van der Waals surface area contributed by atoms with Crippen molar-refractivity contribution in [1.82, 2.24) is 9.80 Å². The molecule has 1 aliphatic carbocycles. The van der Waals surface area contributed by atoms with Crippen molar-refractivity contribution in [3.63, 3.8) is 0 Å². The highest BCUT2D eigenvalue weighted by molar-refractivity contribution is 4.97. The molecule has 3 fully saturated rings. The van der Waals surface area contributed by atoms with Gasteiger partial charge in [0.1, 0.15) is 0 Å². The van der Waals surface area contributed by atoms with Crippen molar-refractivity contribution in [3.8, 4) is 0 Å². The van der Waals surface area contributed by atoms with E-state index >= 15 is 0 Å². The molecular weight excluding hydrogens is 222 g/mol. The van der Waals surface area contributed by atoms with Gasteiger partial charge in [-0.15, -0.1) is 0 Å². The van der Waals surface area contributed by atoms with Crippen molar-refractivity contribution < 1.29 is 0 Å². The zero-order valence-corrected chi connectivity index (χ0v) is 11.7. The fourth-order valence-electron chi connectivity index (χ4n) is 4.50. The van der Waals surface area contributed by atoms with Gasteiger partial charge in [0.15, 0.2) is 0 Å². The molecule has 3 rings (SSSR count). The Hall–Kier alpha value is -0.120. The van der Waals surface area contributed by atoms with Crippen LogP contribution in [0.2, 0.25) is 0 Å². The second kappa shape index (κ2) is 5.48. The molecule has 2 aliphatic heterocycles. The Morgan fingerprint density at radius 1 is 0.944 bits per heavy atom. The molecular formula is C15H29N3. The van der Waals surface area contributed by atoms with Gasteiger partial charge in [-0.3, -0.25) is 9.80 Å². The fourth-order valence-corrected chi connectivity index (χ4v) is 4.50. The molecule has 0 aromatic rings. The van der Waals surface area contributed by atoms with Gasteiger partial charge in [0.05, 0.1) is 0 Å². The smallest absolute Gasteiger partial charge is 0.0332 e. The first-order valence-corrected chi connectivity index (χ1v) is 8.03. The summed E-state index contributed by atoms with van der Waals surface area (Å²) in [6.45, 7) is 6.11. The van der Waals surface area contributed by atoms with E-state index in [0.29, 0.717) is 5.54 Å². The summed E-state index contributed by atoms with van der Waals surface area (Å²) in [5, 5.41) is 0. The van der Waals surface area contributed by atoms with Crippen LogP contribution >= 0.6 is 0 Å². The molecule has 3 aliphatic rings. The summed E-state index contributed by atoms with van der Waals surface area (Å²) in [7, 11) is 0. The van der Waals surface area contributed by atoms with Gasteiger partial charge < -0.3 is 5.73 Å². The topological polar surface area (TPSA) is 32.5 Å². The van der Waals surface area contributed by atoms with E-state index in [2.05, 4.69) is 9.80 Å². The second-order valence-electron chi connectivity index (χ2n) is 6.62. The molecule has 18 heavy (non-hydrogen) atoms. The third-order valence-electron chi connectivity index (χ3n) is 5.64. The predicted molar refractivity (Wildman–Crippen MR) is 75.7 cm³/mol. The summed E-state index contributed by atoms with van der Waals surface area (Å²) < 4.78 is 0. The van der Waals surface area contributed by atoms with Crippen LogP contribution in [0.5, 0.6) is 0 Å². The Balaban J connectivity index is 1.72. The van der Waals surface area contributed by atoms with Crippen molar-refractivity contribution in [1.29, 1.82) is 0 Å². The highest BCUT2D eigenvalue weighted by atomic mass is 15.3. The van der Waals surface area contributed by atoms with E-state index in [1.54, 1.807) is 0 Å². The maximum Gasteiger partial charge on any atom is 0.0332 e. The van der Waals surface area contributed by atoms with Crippen molar-refractivity contribution in [3.05, 3.63) is 0 Å². The third-order valence-corrected chi connectivity index (χ3v) is 5.64. The van der Waals surface area contributed by atoms with Gasteiger partial charge in [0, 0.05) is 31.2 Å². The fraction of sp³-hybridized carbons (Fsp3) is 1.00. The average Bonchev–Trinajstić information content (AvgIpc) is 2.76. The number of nitrogens with zero attached hydrogens (tertiary/aromatic N) is 2. The minimum absolute atomic E-state index is 0.358. The average molecular weight is 251 g/mol. The Bertz CT molecular complexity index is 273. The van der Waals surface area contributed by atoms with Crippen LogP contribution in [-0.2, 0) is 0 Å². The zero-order valence-electron chi connectivity index (χ0n) is 11.7. The first-order chi connectivity index (χ1) is 8.84. The van der Waals surface area contributed by atoms with Crippen LogP contribution in [-0.4, -0.2) is 54.1 Å². The van der Waals surface area contributed by atoms with Gasteiger partial charge in [-0.25, -0.2) is 0 Å². The Kier molecular flexibility index (Phi) is 3.92. The lowest BCUT2D eigenvalue weighted by molar-refractivity contribution is 0.0508.